The van der Waals surface area contributed by atoms with Gasteiger partial charge in [-0.15, -0.1) is 5.10 Å². The summed E-state index contributed by atoms with van der Waals surface area (Å²) in [6.45, 7) is 3.29. The van der Waals surface area contributed by atoms with Gasteiger partial charge in [-0.3, -0.25) is 0 Å². The van der Waals surface area contributed by atoms with Crippen LogP contribution in [0, 0.1) is 5.92 Å². The van der Waals surface area contributed by atoms with E-state index in [9.17, 15) is 0 Å². The Balaban J connectivity index is 1.68. The van der Waals surface area contributed by atoms with Crippen molar-refractivity contribution in [2.24, 2.45) is 5.92 Å². The van der Waals surface area contributed by atoms with Gasteiger partial charge >= 0.3 is 0 Å². The minimum absolute atomic E-state index is 0.587. The second-order valence-electron chi connectivity index (χ2n) is 5.50. The van der Waals surface area contributed by atoms with Crippen LogP contribution in [0.15, 0.2) is 30.3 Å². The van der Waals surface area contributed by atoms with Gasteiger partial charge in [0.1, 0.15) is 0 Å². The molecule has 5 nitrogen and oxygen atoms in total. The molecule has 1 atom stereocenters. The van der Waals surface area contributed by atoms with E-state index in [1.54, 1.807) is 0 Å². The molecule has 0 spiro atoms. The average Bonchev–Trinajstić information content (AvgIpc) is 3.21. The summed E-state index contributed by atoms with van der Waals surface area (Å²) in [5.74, 6) is 1.53. The van der Waals surface area contributed by atoms with E-state index in [4.69, 9.17) is 0 Å². The number of tetrazole rings is 1. The molecule has 1 aliphatic carbocycles. The van der Waals surface area contributed by atoms with Crippen molar-refractivity contribution in [3.8, 4) is 5.69 Å². The van der Waals surface area contributed by atoms with Crippen LogP contribution in [0.1, 0.15) is 32.0 Å². The van der Waals surface area contributed by atoms with Gasteiger partial charge in [-0.25, -0.2) is 0 Å². The lowest BCUT2D eigenvalue weighted by molar-refractivity contribution is 0.446. The number of nitrogens with one attached hydrogen (secondary N) is 1. The Labute approximate surface area is 119 Å². The van der Waals surface area contributed by atoms with E-state index in [-0.39, 0.29) is 0 Å². The Hall–Kier alpha value is -1.75. The zero-order valence-corrected chi connectivity index (χ0v) is 11.9. The van der Waals surface area contributed by atoms with Gasteiger partial charge in [0.05, 0.1) is 5.69 Å². The maximum atomic E-state index is 4.20. The van der Waals surface area contributed by atoms with Gasteiger partial charge in [0.2, 0.25) is 0 Å². The van der Waals surface area contributed by atoms with E-state index >= 15 is 0 Å². The van der Waals surface area contributed by atoms with Crippen LogP contribution in [0.25, 0.3) is 5.69 Å². The molecule has 1 fully saturated rings. The lowest BCUT2D eigenvalue weighted by Crippen LogP contribution is -2.26. The fraction of sp³-hybridized carbons (Fsp3) is 0.533. The van der Waals surface area contributed by atoms with Crippen molar-refractivity contribution in [3.63, 3.8) is 0 Å². The molecule has 1 aliphatic rings. The summed E-state index contributed by atoms with van der Waals surface area (Å²) < 4.78 is 1.85. The number of benzene rings is 1. The van der Waals surface area contributed by atoms with Gasteiger partial charge in [0, 0.05) is 12.5 Å². The normalized spacial score (nSPS) is 16.2. The molecule has 3 rings (SSSR count). The van der Waals surface area contributed by atoms with Gasteiger partial charge < -0.3 is 5.32 Å². The van der Waals surface area contributed by atoms with Crippen LogP contribution in [-0.2, 0) is 6.42 Å². The summed E-state index contributed by atoms with van der Waals surface area (Å²) in [6.07, 6.45) is 4.72. The van der Waals surface area contributed by atoms with Gasteiger partial charge in [-0.05, 0) is 47.9 Å². The Morgan fingerprint density at radius 2 is 2.10 bits per heavy atom. The van der Waals surface area contributed by atoms with Crippen molar-refractivity contribution in [2.75, 3.05) is 6.54 Å². The van der Waals surface area contributed by atoms with Gasteiger partial charge in [0.25, 0.3) is 0 Å². The monoisotopic (exact) mass is 271 g/mol. The summed E-state index contributed by atoms with van der Waals surface area (Å²) in [4.78, 5) is 0. The van der Waals surface area contributed by atoms with Crippen molar-refractivity contribution >= 4 is 0 Å². The van der Waals surface area contributed by atoms with E-state index in [1.165, 1.54) is 12.8 Å². The summed E-state index contributed by atoms with van der Waals surface area (Å²) in [5.41, 5.74) is 1.03. The summed E-state index contributed by atoms with van der Waals surface area (Å²) in [7, 11) is 0. The van der Waals surface area contributed by atoms with Gasteiger partial charge in [0.15, 0.2) is 5.82 Å². The third-order valence-electron chi connectivity index (χ3n) is 3.86. The Kier molecular flexibility index (Phi) is 4.06. The highest BCUT2D eigenvalue weighted by molar-refractivity contribution is 5.30. The maximum absolute atomic E-state index is 4.20. The molecule has 0 bridgehead atoms. The Bertz CT molecular complexity index is 532. The van der Waals surface area contributed by atoms with Crippen LogP contribution in [0.3, 0.4) is 0 Å². The summed E-state index contributed by atoms with van der Waals surface area (Å²) in [6, 6.07) is 10.8. The number of hydrogen-bond acceptors (Lipinski definition) is 4. The molecule has 1 unspecified atom stereocenters. The van der Waals surface area contributed by atoms with Crippen LogP contribution in [0.4, 0.5) is 0 Å². The molecule has 5 heteroatoms. The zero-order valence-electron chi connectivity index (χ0n) is 11.9. The van der Waals surface area contributed by atoms with Gasteiger partial charge in [-0.2, -0.15) is 4.68 Å². The predicted molar refractivity (Wildman–Crippen MR) is 77.7 cm³/mol. The fourth-order valence-electron chi connectivity index (χ4n) is 2.34. The van der Waals surface area contributed by atoms with E-state index in [1.807, 2.05) is 35.0 Å². The molecule has 0 aliphatic heterocycles. The van der Waals surface area contributed by atoms with Crippen LogP contribution in [-0.4, -0.2) is 32.8 Å². The van der Waals surface area contributed by atoms with E-state index < -0.39 is 0 Å². The van der Waals surface area contributed by atoms with Crippen molar-refractivity contribution in [1.82, 2.24) is 25.5 Å². The molecule has 1 N–H and O–H groups in total. The van der Waals surface area contributed by atoms with Crippen LogP contribution < -0.4 is 5.32 Å². The molecule has 0 radical (unpaired) electrons. The third-order valence-corrected chi connectivity index (χ3v) is 3.86. The summed E-state index contributed by atoms with van der Waals surface area (Å²) in [5, 5.41) is 15.8. The standard InChI is InChI=1S/C15H21N5/c1-2-12(11-16-13-8-9-13)10-15-17-18-19-20(15)14-6-4-3-5-7-14/h3-7,12-13,16H,2,8-11H2,1H3. The van der Waals surface area contributed by atoms with Crippen molar-refractivity contribution in [2.45, 2.75) is 38.6 Å². The molecular formula is C15H21N5. The minimum Gasteiger partial charge on any atom is -0.314 e. The number of rotatable bonds is 7. The molecule has 0 saturated heterocycles. The Morgan fingerprint density at radius 1 is 1.30 bits per heavy atom. The predicted octanol–water partition coefficient (Wildman–Crippen LogP) is 1.98. The molecule has 1 aromatic carbocycles. The topological polar surface area (TPSA) is 55.6 Å². The molecule has 106 valence electrons. The first-order valence-corrected chi connectivity index (χ1v) is 7.43. The van der Waals surface area contributed by atoms with Crippen molar-refractivity contribution in [3.05, 3.63) is 36.2 Å². The summed E-state index contributed by atoms with van der Waals surface area (Å²) >= 11 is 0. The second kappa shape index (κ2) is 6.13. The molecule has 1 saturated carbocycles. The SMILES string of the molecule is CCC(CNC1CC1)Cc1nnnn1-c1ccccc1. The Morgan fingerprint density at radius 3 is 2.80 bits per heavy atom. The first-order chi connectivity index (χ1) is 9.86. The second-order valence-corrected chi connectivity index (χ2v) is 5.50. The molecular weight excluding hydrogens is 250 g/mol. The highest BCUT2D eigenvalue weighted by Crippen LogP contribution is 2.20. The largest absolute Gasteiger partial charge is 0.314 e. The molecule has 0 amide bonds. The lowest BCUT2D eigenvalue weighted by Gasteiger charge is -2.15. The smallest absolute Gasteiger partial charge is 0.157 e. The van der Waals surface area contributed by atoms with Crippen LogP contribution >= 0.6 is 0 Å². The van der Waals surface area contributed by atoms with Crippen molar-refractivity contribution < 1.29 is 0 Å². The van der Waals surface area contributed by atoms with E-state index in [0.717, 1.165) is 36.9 Å². The molecule has 20 heavy (non-hydrogen) atoms. The molecule has 2 aromatic rings. The quantitative estimate of drug-likeness (QED) is 0.836. The molecule has 1 aromatic heterocycles. The van der Waals surface area contributed by atoms with Crippen LogP contribution in [0.5, 0.6) is 0 Å². The number of aromatic nitrogens is 4. The minimum atomic E-state index is 0.587. The molecule has 1 heterocycles. The first-order valence-electron chi connectivity index (χ1n) is 7.43. The highest BCUT2D eigenvalue weighted by atomic mass is 15.5. The van der Waals surface area contributed by atoms with Crippen molar-refractivity contribution in [1.29, 1.82) is 0 Å². The highest BCUT2D eigenvalue weighted by Gasteiger charge is 2.22. The fourth-order valence-corrected chi connectivity index (χ4v) is 2.34. The number of hydrogen-bond donors (Lipinski definition) is 1. The number of nitrogens with zero attached hydrogens (tertiary/aromatic N) is 4. The maximum Gasteiger partial charge on any atom is 0.157 e. The van der Waals surface area contributed by atoms with Crippen LogP contribution in [0.2, 0.25) is 0 Å². The average molecular weight is 271 g/mol. The van der Waals surface area contributed by atoms with E-state index in [0.29, 0.717) is 5.92 Å². The third kappa shape index (κ3) is 3.22. The van der Waals surface area contributed by atoms with E-state index in [2.05, 4.69) is 27.8 Å². The number of para-hydroxylation sites is 1. The van der Waals surface area contributed by atoms with Gasteiger partial charge in [-0.1, -0.05) is 31.5 Å². The first kappa shape index (κ1) is 13.2. The lowest BCUT2D eigenvalue weighted by atomic mass is 10.0. The zero-order chi connectivity index (χ0) is 13.8.